The summed E-state index contributed by atoms with van der Waals surface area (Å²) < 4.78 is 7.60. The van der Waals surface area contributed by atoms with Crippen molar-refractivity contribution in [3.8, 4) is 5.75 Å². The van der Waals surface area contributed by atoms with Gasteiger partial charge in [-0.15, -0.1) is 12.4 Å². The summed E-state index contributed by atoms with van der Waals surface area (Å²) in [5.41, 5.74) is 6.35. The highest BCUT2D eigenvalue weighted by molar-refractivity contribution is 6.42. The molecule has 2 heterocycles. The van der Waals surface area contributed by atoms with Gasteiger partial charge in [-0.1, -0.05) is 36.5 Å². The number of halogens is 3. The summed E-state index contributed by atoms with van der Waals surface area (Å²) >= 11 is 12.4. The van der Waals surface area contributed by atoms with E-state index < -0.39 is 0 Å². The van der Waals surface area contributed by atoms with Crippen LogP contribution in [0, 0.1) is 0 Å². The van der Waals surface area contributed by atoms with Crippen molar-refractivity contribution in [2.75, 3.05) is 19.7 Å². The van der Waals surface area contributed by atoms with Crippen molar-refractivity contribution >= 4 is 52.3 Å². The lowest BCUT2D eigenvalue weighted by Crippen LogP contribution is -2.32. The van der Waals surface area contributed by atoms with E-state index in [1.165, 1.54) is 0 Å². The van der Waals surface area contributed by atoms with Crippen molar-refractivity contribution < 1.29 is 9.53 Å². The van der Waals surface area contributed by atoms with E-state index >= 15 is 0 Å². The summed E-state index contributed by atoms with van der Waals surface area (Å²) in [5.74, 6) is 0.600. The quantitative estimate of drug-likeness (QED) is 0.574. The second kappa shape index (κ2) is 11.2. The summed E-state index contributed by atoms with van der Waals surface area (Å²) in [6.07, 6.45) is 4.16. The monoisotopic (exact) mass is 475 g/mol. The molecule has 2 N–H and O–H groups in total. The third-order valence-electron chi connectivity index (χ3n) is 5.31. The van der Waals surface area contributed by atoms with Gasteiger partial charge in [0, 0.05) is 38.0 Å². The Hall–Kier alpha value is -1.47. The molecule has 0 bridgehead atoms. The average Bonchev–Trinajstić information content (AvgIpc) is 3.25. The number of hydrogen-bond donors (Lipinski definition) is 1. The predicted molar refractivity (Wildman–Crippen MR) is 124 cm³/mol. The molecule has 1 aliphatic heterocycles. The van der Waals surface area contributed by atoms with Crippen molar-refractivity contribution in [2.24, 2.45) is 5.73 Å². The van der Waals surface area contributed by atoms with E-state index in [9.17, 15) is 9.59 Å². The van der Waals surface area contributed by atoms with Gasteiger partial charge >= 0.3 is 0 Å². The number of rotatable bonds is 8. The molecule has 1 saturated heterocycles. The third-order valence-corrected chi connectivity index (χ3v) is 6.04. The number of pyridine rings is 1. The molecule has 6 nitrogen and oxygen atoms in total. The van der Waals surface area contributed by atoms with E-state index in [1.54, 1.807) is 16.7 Å². The van der Waals surface area contributed by atoms with Crippen LogP contribution in [0.15, 0.2) is 16.9 Å². The molecule has 1 aromatic carbocycles. The van der Waals surface area contributed by atoms with E-state index in [0.717, 1.165) is 38.8 Å². The first-order valence-electron chi connectivity index (χ1n) is 10.1. The molecule has 0 atom stereocenters. The Labute approximate surface area is 192 Å². The molecule has 2 aromatic rings. The van der Waals surface area contributed by atoms with Crippen molar-refractivity contribution in [1.29, 1.82) is 0 Å². The molecular formula is C21H28Cl3N3O3. The third kappa shape index (κ3) is 5.22. The Kier molecular flexibility index (Phi) is 9.29. The Balaban J connectivity index is 0.00000320. The Morgan fingerprint density at radius 2 is 1.80 bits per heavy atom. The Morgan fingerprint density at radius 1 is 1.17 bits per heavy atom. The highest BCUT2D eigenvalue weighted by Crippen LogP contribution is 2.34. The molecule has 3 rings (SSSR count). The SMILES string of the molecule is CCCCOc1c(CN)n(CCC(=O)N2CCCC2)c(=O)c2cc(Cl)c(Cl)cc12.Cl. The molecule has 0 aliphatic carbocycles. The van der Waals surface area contributed by atoms with E-state index in [-0.39, 0.29) is 43.4 Å². The molecule has 0 unspecified atom stereocenters. The van der Waals surface area contributed by atoms with Crippen LogP contribution in [0.4, 0.5) is 0 Å². The van der Waals surface area contributed by atoms with Gasteiger partial charge in [0.15, 0.2) is 0 Å². The lowest BCUT2D eigenvalue weighted by atomic mass is 10.1. The fraction of sp³-hybridized carbons (Fsp3) is 0.524. The fourth-order valence-corrected chi connectivity index (χ4v) is 4.04. The minimum absolute atomic E-state index is 0. The normalized spacial score (nSPS) is 13.5. The van der Waals surface area contributed by atoms with Gasteiger partial charge in [0.05, 0.1) is 27.7 Å². The van der Waals surface area contributed by atoms with Crippen molar-refractivity contribution in [1.82, 2.24) is 9.47 Å². The molecule has 0 radical (unpaired) electrons. The van der Waals surface area contributed by atoms with Gasteiger partial charge in [0.2, 0.25) is 5.91 Å². The van der Waals surface area contributed by atoms with E-state index in [0.29, 0.717) is 38.9 Å². The van der Waals surface area contributed by atoms with Crippen LogP contribution < -0.4 is 16.0 Å². The summed E-state index contributed by atoms with van der Waals surface area (Å²) in [5, 5.41) is 1.67. The zero-order valence-electron chi connectivity index (χ0n) is 17.1. The highest BCUT2D eigenvalue weighted by atomic mass is 35.5. The number of nitrogens with two attached hydrogens (primary N) is 1. The summed E-state index contributed by atoms with van der Waals surface area (Å²) in [7, 11) is 0. The number of likely N-dealkylation sites (tertiary alicyclic amines) is 1. The number of nitrogens with zero attached hydrogens (tertiary/aromatic N) is 2. The smallest absolute Gasteiger partial charge is 0.258 e. The van der Waals surface area contributed by atoms with Gasteiger partial charge in [0.25, 0.3) is 5.56 Å². The second-order valence-electron chi connectivity index (χ2n) is 7.29. The largest absolute Gasteiger partial charge is 0.491 e. The zero-order chi connectivity index (χ0) is 21.0. The first-order chi connectivity index (χ1) is 14.0. The molecule has 166 valence electrons. The van der Waals surface area contributed by atoms with E-state index in [4.69, 9.17) is 33.7 Å². The standard InChI is InChI=1S/C21H27Cl2N3O3.ClH/c1-2-3-10-29-20-14-11-16(22)17(23)12-15(14)21(28)26(18(20)13-24)9-6-19(27)25-7-4-5-8-25;/h11-12H,2-10,13,24H2,1H3;1H. The van der Waals surface area contributed by atoms with Crippen LogP contribution in [0.3, 0.4) is 0 Å². The van der Waals surface area contributed by atoms with Crippen LogP contribution >= 0.6 is 35.6 Å². The minimum Gasteiger partial charge on any atom is -0.491 e. The van der Waals surface area contributed by atoms with Crippen LogP contribution in [0.2, 0.25) is 10.0 Å². The van der Waals surface area contributed by atoms with Gasteiger partial charge < -0.3 is 19.9 Å². The number of fused-ring (bicyclic) bond motifs is 1. The maximum Gasteiger partial charge on any atom is 0.258 e. The maximum absolute atomic E-state index is 13.2. The summed E-state index contributed by atoms with van der Waals surface area (Å²) in [4.78, 5) is 27.6. The summed E-state index contributed by atoms with van der Waals surface area (Å²) in [6.45, 7) is 4.52. The lowest BCUT2D eigenvalue weighted by molar-refractivity contribution is -0.130. The molecule has 0 saturated carbocycles. The van der Waals surface area contributed by atoms with Gasteiger partial charge in [-0.2, -0.15) is 0 Å². The van der Waals surface area contributed by atoms with Crippen LogP contribution in [0.1, 0.15) is 44.7 Å². The van der Waals surface area contributed by atoms with Crippen molar-refractivity contribution in [2.45, 2.75) is 52.1 Å². The number of ether oxygens (including phenoxy) is 1. The number of hydrogen-bond acceptors (Lipinski definition) is 4. The van der Waals surface area contributed by atoms with Crippen molar-refractivity contribution in [3.05, 3.63) is 38.2 Å². The van der Waals surface area contributed by atoms with Gasteiger partial charge in [0.1, 0.15) is 5.75 Å². The number of benzene rings is 1. The molecule has 1 fully saturated rings. The molecule has 0 spiro atoms. The number of carbonyl (C=O) groups is 1. The molecule has 1 amide bonds. The number of aromatic nitrogens is 1. The Morgan fingerprint density at radius 3 is 2.40 bits per heavy atom. The number of unbranched alkanes of at least 4 members (excludes halogenated alkanes) is 1. The molecule has 9 heteroatoms. The first kappa shape index (κ1) is 24.8. The highest BCUT2D eigenvalue weighted by Gasteiger charge is 2.21. The fourth-order valence-electron chi connectivity index (χ4n) is 3.71. The van der Waals surface area contributed by atoms with E-state index in [2.05, 4.69) is 6.92 Å². The zero-order valence-corrected chi connectivity index (χ0v) is 19.4. The Bertz CT molecular complexity index is 956. The lowest BCUT2D eigenvalue weighted by Gasteiger charge is -2.21. The topological polar surface area (TPSA) is 77.6 Å². The van der Waals surface area contributed by atoms with Crippen LogP contribution in [-0.2, 0) is 17.9 Å². The predicted octanol–water partition coefficient (Wildman–Crippen LogP) is 4.38. The maximum atomic E-state index is 13.2. The second-order valence-corrected chi connectivity index (χ2v) is 8.10. The molecule has 30 heavy (non-hydrogen) atoms. The number of amides is 1. The molecule has 1 aromatic heterocycles. The van der Waals surface area contributed by atoms with Crippen LogP contribution in [0.5, 0.6) is 5.75 Å². The van der Waals surface area contributed by atoms with Gasteiger partial charge in [-0.3, -0.25) is 9.59 Å². The number of carbonyl (C=O) groups excluding carboxylic acids is 1. The molecular weight excluding hydrogens is 449 g/mol. The van der Waals surface area contributed by atoms with Crippen molar-refractivity contribution in [3.63, 3.8) is 0 Å². The molecule has 1 aliphatic rings. The van der Waals surface area contributed by atoms with Crippen LogP contribution in [-0.4, -0.2) is 35.1 Å². The van der Waals surface area contributed by atoms with Gasteiger partial charge in [-0.05, 0) is 31.4 Å². The van der Waals surface area contributed by atoms with Crippen LogP contribution in [0.25, 0.3) is 10.8 Å². The summed E-state index contributed by atoms with van der Waals surface area (Å²) in [6, 6.07) is 3.22. The van der Waals surface area contributed by atoms with Gasteiger partial charge in [-0.25, -0.2) is 0 Å². The minimum atomic E-state index is -0.240. The van der Waals surface area contributed by atoms with E-state index in [1.807, 2.05) is 4.90 Å². The average molecular weight is 477 g/mol. The first-order valence-corrected chi connectivity index (χ1v) is 10.9.